The van der Waals surface area contributed by atoms with Crippen LogP contribution in [0.4, 0.5) is 0 Å². The first-order valence-corrected chi connectivity index (χ1v) is 3.74. The van der Waals surface area contributed by atoms with Gasteiger partial charge < -0.3 is 10.0 Å². The summed E-state index contributed by atoms with van der Waals surface area (Å²) in [5, 5.41) is 8.66. The molecule has 0 aromatic heterocycles. The second-order valence-corrected chi connectivity index (χ2v) is 3.09. The molecule has 2 aliphatic rings. The molecule has 11 heavy (non-hydrogen) atoms. The van der Waals surface area contributed by atoms with Crippen molar-refractivity contribution in [1.29, 1.82) is 0 Å². The number of carboxylic acid groups (broad SMARTS) is 1. The summed E-state index contributed by atoms with van der Waals surface area (Å²) in [7, 11) is 0. The summed E-state index contributed by atoms with van der Waals surface area (Å²) < 4.78 is 0. The molecule has 0 unspecified atom stereocenters. The van der Waals surface area contributed by atoms with Crippen LogP contribution in [0.1, 0.15) is 19.3 Å². The maximum atomic E-state index is 10.9. The quantitative estimate of drug-likeness (QED) is 0.535. The SMILES string of the molecule is O=C(O)[C@@H]1CC[C@@H]2CC(=O)N21. The summed E-state index contributed by atoms with van der Waals surface area (Å²) in [5.74, 6) is -0.861. The fourth-order valence-electron chi connectivity index (χ4n) is 1.90. The van der Waals surface area contributed by atoms with Crippen LogP contribution >= 0.6 is 0 Å². The van der Waals surface area contributed by atoms with Crippen molar-refractivity contribution in [2.75, 3.05) is 0 Å². The molecule has 1 amide bonds. The minimum Gasteiger partial charge on any atom is -0.480 e. The van der Waals surface area contributed by atoms with E-state index in [1.54, 1.807) is 0 Å². The molecule has 0 spiro atoms. The Kier molecular flexibility index (Phi) is 1.19. The number of nitrogens with zero attached hydrogens (tertiary/aromatic N) is 1. The molecule has 2 rings (SSSR count). The van der Waals surface area contributed by atoms with Gasteiger partial charge in [0.05, 0.1) is 0 Å². The van der Waals surface area contributed by atoms with Gasteiger partial charge in [0.25, 0.3) is 0 Å². The van der Waals surface area contributed by atoms with Crippen LogP contribution in [0.5, 0.6) is 0 Å². The van der Waals surface area contributed by atoms with E-state index in [2.05, 4.69) is 0 Å². The van der Waals surface area contributed by atoms with E-state index in [1.807, 2.05) is 0 Å². The lowest BCUT2D eigenvalue weighted by Crippen LogP contribution is -2.54. The number of carboxylic acids is 1. The number of amides is 1. The van der Waals surface area contributed by atoms with Gasteiger partial charge in [-0.1, -0.05) is 0 Å². The number of fused-ring (bicyclic) bond motifs is 1. The maximum absolute atomic E-state index is 10.9. The molecule has 0 aliphatic carbocycles. The van der Waals surface area contributed by atoms with E-state index in [0.717, 1.165) is 6.42 Å². The molecule has 1 N–H and O–H groups in total. The van der Waals surface area contributed by atoms with Crippen LogP contribution in [0, 0.1) is 0 Å². The monoisotopic (exact) mass is 155 g/mol. The van der Waals surface area contributed by atoms with Crippen LogP contribution in [0.25, 0.3) is 0 Å². The van der Waals surface area contributed by atoms with E-state index in [0.29, 0.717) is 12.8 Å². The van der Waals surface area contributed by atoms with Crippen molar-refractivity contribution in [3.05, 3.63) is 0 Å². The molecular formula is C7H9NO3. The maximum Gasteiger partial charge on any atom is 0.326 e. The van der Waals surface area contributed by atoms with Crippen molar-refractivity contribution < 1.29 is 14.7 Å². The predicted molar refractivity (Wildman–Crippen MR) is 35.9 cm³/mol. The highest BCUT2D eigenvalue weighted by molar-refractivity contribution is 5.89. The van der Waals surface area contributed by atoms with Crippen molar-refractivity contribution in [2.24, 2.45) is 0 Å². The molecule has 2 aliphatic heterocycles. The molecule has 2 atom stereocenters. The van der Waals surface area contributed by atoms with Crippen LogP contribution in [0.2, 0.25) is 0 Å². The summed E-state index contributed by atoms with van der Waals surface area (Å²) in [5.41, 5.74) is 0. The highest BCUT2D eigenvalue weighted by Crippen LogP contribution is 2.34. The molecule has 0 saturated carbocycles. The number of hydrogen-bond acceptors (Lipinski definition) is 2. The first-order valence-electron chi connectivity index (χ1n) is 3.74. The standard InChI is InChI=1S/C7H9NO3/c9-6-3-4-1-2-5(7(10)11)8(4)6/h4-5H,1-3H2,(H,10,11)/t4-,5+/m1/s1. The van der Waals surface area contributed by atoms with Gasteiger partial charge in [0.15, 0.2) is 0 Å². The van der Waals surface area contributed by atoms with Crippen LogP contribution < -0.4 is 0 Å². The molecule has 2 heterocycles. The summed E-state index contributed by atoms with van der Waals surface area (Å²) in [6.07, 6.45) is 2.05. The van der Waals surface area contributed by atoms with Gasteiger partial charge in [0.2, 0.25) is 5.91 Å². The number of carbonyl (C=O) groups excluding carboxylic acids is 1. The molecular weight excluding hydrogens is 146 g/mol. The average molecular weight is 155 g/mol. The third kappa shape index (κ3) is 0.751. The number of carbonyl (C=O) groups is 2. The normalized spacial score (nSPS) is 34.9. The molecule has 2 saturated heterocycles. The van der Waals surface area contributed by atoms with E-state index in [4.69, 9.17) is 5.11 Å². The number of aliphatic carboxylic acids is 1. The number of rotatable bonds is 1. The van der Waals surface area contributed by atoms with Gasteiger partial charge in [0, 0.05) is 12.5 Å². The second kappa shape index (κ2) is 1.96. The molecule has 0 aromatic rings. The van der Waals surface area contributed by atoms with E-state index >= 15 is 0 Å². The van der Waals surface area contributed by atoms with Crippen molar-refractivity contribution in [2.45, 2.75) is 31.3 Å². The van der Waals surface area contributed by atoms with Gasteiger partial charge in [-0.25, -0.2) is 4.79 Å². The molecule has 60 valence electrons. The molecule has 4 nitrogen and oxygen atoms in total. The van der Waals surface area contributed by atoms with Crippen LogP contribution in [-0.2, 0) is 9.59 Å². The van der Waals surface area contributed by atoms with E-state index < -0.39 is 12.0 Å². The summed E-state index contributed by atoms with van der Waals surface area (Å²) in [6.45, 7) is 0. The minimum absolute atomic E-state index is 0.0000926. The Hall–Kier alpha value is -1.06. The van der Waals surface area contributed by atoms with Crippen LogP contribution in [-0.4, -0.2) is 34.0 Å². The third-order valence-electron chi connectivity index (χ3n) is 2.49. The van der Waals surface area contributed by atoms with Crippen molar-refractivity contribution in [1.82, 2.24) is 4.90 Å². The first kappa shape index (κ1) is 6.64. The fourth-order valence-corrected chi connectivity index (χ4v) is 1.90. The molecule has 0 radical (unpaired) electrons. The highest BCUT2D eigenvalue weighted by Gasteiger charge is 2.48. The van der Waals surface area contributed by atoms with E-state index in [-0.39, 0.29) is 11.9 Å². The molecule has 2 fully saturated rings. The van der Waals surface area contributed by atoms with Gasteiger partial charge >= 0.3 is 5.97 Å². The Labute approximate surface area is 63.8 Å². The Bertz CT molecular complexity index is 218. The fraction of sp³-hybridized carbons (Fsp3) is 0.714. The van der Waals surface area contributed by atoms with Gasteiger partial charge in [-0.2, -0.15) is 0 Å². The van der Waals surface area contributed by atoms with Crippen molar-refractivity contribution in [3.8, 4) is 0 Å². The zero-order valence-corrected chi connectivity index (χ0v) is 5.99. The van der Waals surface area contributed by atoms with Crippen molar-refractivity contribution >= 4 is 11.9 Å². The predicted octanol–water partition coefficient (Wildman–Crippen LogP) is -0.166. The highest BCUT2D eigenvalue weighted by atomic mass is 16.4. The van der Waals surface area contributed by atoms with E-state index in [9.17, 15) is 9.59 Å². The van der Waals surface area contributed by atoms with Crippen LogP contribution in [0.15, 0.2) is 0 Å². The molecule has 4 heteroatoms. The Morgan fingerprint density at radius 2 is 2.27 bits per heavy atom. The van der Waals surface area contributed by atoms with Gasteiger partial charge in [0.1, 0.15) is 6.04 Å². The molecule has 0 aromatic carbocycles. The number of β-lactam (4-membered cyclic amide) rings is 1. The lowest BCUT2D eigenvalue weighted by Gasteiger charge is -2.36. The van der Waals surface area contributed by atoms with Gasteiger partial charge in [-0.05, 0) is 12.8 Å². The summed E-state index contributed by atoms with van der Waals surface area (Å²) >= 11 is 0. The minimum atomic E-state index is -0.861. The molecule has 0 bridgehead atoms. The lowest BCUT2D eigenvalue weighted by atomic mass is 10.0. The smallest absolute Gasteiger partial charge is 0.326 e. The van der Waals surface area contributed by atoms with Crippen molar-refractivity contribution in [3.63, 3.8) is 0 Å². The topological polar surface area (TPSA) is 57.6 Å². The number of hydrogen-bond donors (Lipinski definition) is 1. The van der Waals surface area contributed by atoms with Crippen LogP contribution in [0.3, 0.4) is 0 Å². The first-order chi connectivity index (χ1) is 5.20. The Balaban J connectivity index is 2.14. The van der Waals surface area contributed by atoms with Gasteiger partial charge in [-0.3, -0.25) is 4.79 Å². The lowest BCUT2D eigenvalue weighted by molar-refractivity contribution is -0.156. The second-order valence-electron chi connectivity index (χ2n) is 3.09. The largest absolute Gasteiger partial charge is 0.480 e. The summed E-state index contributed by atoms with van der Waals surface area (Å²) in [6, 6.07) is -0.287. The Morgan fingerprint density at radius 1 is 1.55 bits per heavy atom. The zero-order valence-electron chi connectivity index (χ0n) is 5.99. The average Bonchev–Trinajstić information content (AvgIpc) is 2.25. The summed E-state index contributed by atoms with van der Waals surface area (Å²) in [4.78, 5) is 22.9. The Morgan fingerprint density at radius 3 is 2.73 bits per heavy atom. The third-order valence-corrected chi connectivity index (χ3v) is 2.49. The van der Waals surface area contributed by atoms with Gasteiger partial charge in [-0.15, -0.1) is 0 Å². The van der Waals surface area contributed by atoms with E-state index in [1.165, 1.54) is 4.90 Å². The zero-order chi connectivity index (χ0) is 8.01.